The first-order valence-corrected chi connectivity index (χ1v) is 7.00. The minimum absolute atomic E-state index is 0.0198. The average molecular weight is 281 g/mol. The van der Waals surface area contributed by atoms with E-state index < -0.39 is 5.41 Å². The Balaban J connectivity index is 2.43. The van der Waals surface area contributed by atoms with E-state index in [1.807, 2.05) is 13.8 Å². The largest absolute Gasteiger partial charge is 0.493 e. The monoisotopic (exact) mass is 281 g/mol. The number of Topliss-reactive ketones (excluding diaryl/α,β-unsaturated/α-hetero) is 1. The molecule has 6 nitrogen and oxygen atoms in total. The molecular weight excluding hydrogens is 258 g/mol. The number of nitrogens with zero attached hydrogens (tertiary/aromatic N) is 2. The van der Waals surface area contributed by atoms with Crippen LogP contribution in [-0.2, 0) is 4.74 Å². The van der Waals surface area contributed by atoms with Crippen molar-refractivity contribution in [3.05, 3.63) is 11.9 Å². The molecule has 0 spiro atoms. The standard InChI is InChI=1S/C14H23N3O3/c1-10(2)17-12(11(19-3)8-16-17)13(18)14(9-15)4-6-20-7-5-14/h8,10H,4-7,9,15H2,1-3H3. The highest BCUT2D eigenvalue weighted by Gasteiger charge is 2.42. The minimum atomic E-state index is -0.557. The molecule has 1 aliphatic rings. The lowest BCUT2D eigenvalue weighted by molar-refractivity contribution is 0.0191. The molecule has 1 aliphatic heterocycles. The molecule has 2 rings (SSSR count). The topological polar surface area (TPSA) is 79.4 Å². The number of ether oxygens (including phenoxy) is 2. The van der Waals surface area contributed by atoms with Crippen molar-refractivity contribution in [2.24, 2.45) is 11.1 Å². The van der Waals surface area contributed by atoms with E-state index in [1.165, 1.54) is 0 Å². The molecule has 1 fully saturated rings. The number of carbonyl (C=O) groups is 1. The van der Waals surface area contributed by atoms with Crippen LogP contribution in [0.2, 0.25) is 0 Å². The van der Waals surface area contributed by atoms with E-state index >= 15 is 0 Å². The van der Waals surface area contributed by atoms with Gasteiger partial charge in [0, 0.05) is 25.8 Å². The van der Waals surface area contributed by atoms with Crippen molar-refractivity contribution in [3.8, 4) is 5.75 Å². The highest BCUT2D eigenvalue weighted by Crippen LogP contribution is 2.36. The fourth-order valence-electron chi connectivity index (χ4n) is 2.64. The van der Waals surface area contributed by atoms with E-state index in [0.29, 0.717) is 44.0 Å². The third-order valence-corrected chi connectivity index (χ3v) is 4.01. The second-order valence-corrected chi connectivity index (χ2v) is 5.53. The number of aromatic nitrogens is 2. The zero-order valence-corrected chi connectivity index (χ0v) is 12.4. The Labute approximate surface area is 119 Å². The molecule has 1 saturated heterocycles. The number of carbonyl (C=O) groups excluding carboxylic acids is 1. The Morgan fingerprint density at radius 2 is 2.20 bits per heavy atom. The highest BCUT2D eigenvalue weighted by molar-refractivity contribution is 6.01. The van der Waals surface area contributed by atoms with Crippen molar-refractivity contribution in [2.45, 2.75) is 32.7 Å². The summed E-state index contributed by atoms with van der Waals surface area (Å²) in [7, 11) is 1.55. The lowest BCUT2D eigenvalue weighted by atomic mass is 9.75. The quantitative estimate of drug-likeness (QED) is 0.825. The molecular formula is C14H23N3O3. The van der Waals surface area contributed by atoms with Crippen molar-refractivity contribution in [1.29, 1.82) is 0 Å². The van der Waals surface area contributed by atoms with Crippen LogP contribution in [0.3, 0.4) is 0 Å². The molecule has 0 aliphatic carbocycles. The number of ketones is 1. The van der Waals surface area contributed by atoms with Crippen molar-refractivity contribution >= 4 is 5.78 Å². The molecule has 0 bridgehead atoms. The van der Waals surface area contributed by atoms with Crippen molar-refractivity contribution in [1.82, 2.24) is 9.78 Å². The molecule has 1 aromatic rings. The summed E-state index contributed by atoms with van der Waals surface area (Å²) in [5.74, 6) is 0.536. The van der Waals surface area contributed by atoms with Gasteiger partial charge in [-0.15, -0.1) is 0 Å². The molecule has 1 aromatic heterocycles. The van der Waals surface area contributed by atoms with E-state index in [1.54, 1.807) is 18.0 Å². The summed E-state index contributed by atoms with van der Waals surface area (Å²) in [6.07, 6.45) is 2.89. The second kappa shape index (κ2) is 5.93. The van der Waals surface area contributed by atoms with Gasteiger partial charge >= 0.3 is 0 Å². The first-order chi connectivity index (χ1) is 9.55. The van der Waals surface area contributed by atoms with Gasteiger partial charge in [0.25, 0.3) is 0 Å². The van der Waals surface area contributed by atoms with E-state index in [4.69, 9.17) is 15.2 Å². The zero-order chi connectivity index (χ0) is 14.8. The van der Waals surface area contributed by atoms with Gasteiger partial charge < -0.3 is 15.2 Å². The Hall–Kier alpha value is -1.40. The summed E-state index contributed by atoms with van der Waals surface area (Å²) in [4.78, 5) is 13.0. The molecule has 112 valence electrons. The Kier molecular flexibility index (Phi) is 4.45. The van der Waals surface area contributed by atoms with Crippen LogP contribution >= 0.6 is 0 Å². The first kappa shape index (κ1) is 15.0. The van der Waals surface area contributed by atoms with Crippen LogP contribution in [0.1, 0.15) is 43.2 Å². The fourth-order valence-corrected chi connectivity index (χ4v) is 2.64. The van der Waals surface area contributed by atoms with Gasteiger partial charge in [0.1, 0.15) is 5.69 Å². The average Bonchev–Trinajstić information content (AvgIpc) is 2.91. The van der Waals surface area contributed by atoms with Crippen LogP contribution in [0.4, 0.5) is 0 Å². The van der Waals surface area contributed by atoms with E-state index in [9.17, 15) is 4.79 Å². The zero-order valence-electron chi connectivity index (χ0n) is 12.4. The van der Waals surface area contributed by atoms with Gasteiger partial charge in [0.15, 0.2) is 11.5 Å². The SMILES string of the molecule is COc1cnn(C(C)C)c1C(=O)C1(CN)CCOCC1. The summed E-state index contributed by atoms with van der Waals surface area (Å²) in [6, 6.07) is 0.0903. The van der Waals surface area contributed by atoms with E-state index in [0.717, 1.165) is 0 Å². The van der Waals surface area contributed by atoms with E-state index in [2.05, 4.69) is 5.10 Å². The van der Waals surface area contributed by atoms with Gasteiger partial charge in [-0.05, 0) is 26.7 Å². The van der Waals surface area contributed by atoms with Crippen LogP contribution < -0.4 is 10.5 Å². The normalized spacial score (nSPS) is 18.2. The van der Waals surface area contributed by atoms with Crippen LogP contribution in [0, 0.1) is 5.41 Å². The lowest BCUT2D eigenvalue weighted by Gasteiger charge is -2.34. The van der Waals surface area contributed by atoms with E-state index in [-0.39, 0.29) is 11.8 Å². The Bertz CT molecular complexity index is 476. The van der Waals surface area contributed by atoms with Crippen molar-refractivity contribution < 1.29 is 14.3 Å². The molecule has 0 aromatic carbocycles. The molecule has 2 N–H and O–H groups in total. The molecule has 6 heteroatoms. The highest BCUT2D eigenvalue weighted by atomic mass is 16.5. The van der Waals surface area contributed by atoms with Crippen LogP contribution in [-0.4, -0.2) is 42.4 Å². The first-order valence-electron chi connectivity index (χ1n) is 7.00. The molecule has 0 unspecified atom stereocenters. The maximum absolute atomic E-state index is 13.0. The van der Waals surface area contributed by atoms with Gasteiger partial charge in [-0.1, -0.05) is 0 Å². The summed E-state index contributed by atoms with van der Waals surface area (Å²) < 4.78 is 12.4. The fraction of sp³-hybridized carbons (Fsp3) is 0.714. The Morgan fingerprint density at radius 3 is 2.70 bits per heavy atom. The number of hydrogen-bond donors (Lipinski definition) is 1. The number of hydrogen-bond acceptors (Lipinski definition) is 5. The third-order valence-electron chi connectivity index (χ3n) is 4.01. The molecule has 20 heavy (non-hydrogen) atoms. The maximum Gasteiger partial charge on any atom is 0.192 e. The number of methoxy groups -OCH3 is 1. The molecule has 2 heterocycles. The molecule has 0 radical (unpaired) electrons. The number of rotatable bonds is 5. The molecule has 0 amide bonds. The summed E-state index contributed by atoms with van der Waals surface area (Å²) in [6.45, 7) is 5.44. The summed E-state index contributed by atoms with van der Waals surface area (Å²) >= 11 is 0. The van der Waals surface area contributed by atoms with Crippen LogP contribution in [0.15, 0.2) is 6.20 Å². The molecule has 0 atom stereocenters. The van der Waals surface area contributed by atoms with Gasteiger partial charge in [0.05, 0.1) is 18.7 Å². The second-order valence-electron chi connectivity index (χ2n) is 5.53. The summed E-state index contributed by atoms with van der Waals surface area (Å²) in [5.41, 5.74) is 5.88. The predicted octanol–water partition coefficient (Wildman–Crippen LogP) is 1.41. The third kappa shape index (κ3) is 2.45. The predicted molar refractivity (Wildman–Crippen MR) is 75.0 cm³/mol. The van der Waals surface area contributed by atoms with Gasteiger partial charge in [-0.25, -0.2) is 0 Å². The minimum Gasteiger partial charge on any atom is -0.493 e. The van der Waals surface area contributed by atoms with Crippen LogP contribution in [0.5, 0.6) is 5.75 Å². The maximum atomic E-state index is 13.0. The van der Waals surface area contributed by atoms with Gasteiger partial charge in [-0.3, -0.25) is 9.48 Å². The van der Waals surface area contributed by atoms with Crippen molar-refractivity contribution in [2.75, 3.05) is 26.9 Å². The van der Waals surface area contributed by atoms with Crippen LogP contribution in [0.25, 0.3) is 0 Å². The smallest absolute Gasteiger partial charge is 0.192 e. The summed E-state index contributed by atoms with van der Waals surface area (Å²) in [5, 5.41) is 4.27. The van der Waals surface area contributed by atoms with Gasteiger partial charge in [-0.2, -0.15) is 5.10 Å². The molecule has 0 saturated carbocycles. The van der Waals surface area contributed by atoms with Crippen molar-refractivity contribution in [3.63, 3.8) is 0 Å². The Morgan fingerprint density at radius 1 is 1.55 bits per heavy atom. The lowest BCUT2D eigenvalue weighted by Crippen LogP contribution is -2.44. The van der Waals surface area contributed by atoms with Gasteiger partial charge in [0.2, 0.25) is 0 Å². The number of nitrogens with two attached hydrogens (primary N) is 1.